The van der Waals surface area contributed by atoms with Crippen molar-refractivity contribution in [1.82, 2.24) is 15.5 Å². The SMILES string of the molecule is CNC(=O)c1ccc(NCCc2ccsc2)nn1. The van der Waals surface area contributed by atoms with Crippen LogP contribution >= 0.6 is 11.3 Å². The van der Waals surface area contributed by atoms with Crippen LogP contribution in [-0.2, 0) is 6.42 Å². The zero-order chi connectivity index (χ0) is 12.8. The predicted octanol–water partition coefficient (Wildman–Crippen LogP) is 1.55. The number of carbonyl (C=O) groups is 1. The molecule has 1 amide bonds. The molecule has 0 aromatic carbocycles. The maximum Gasteiger partial charge on any atom is 0.271 e. The number of hydrogen-bond acceptors (Lipinski definition) is 5. The molecule has 0 aliphatic heterocycles. The Morgan fingerprint density at radius 1 is 1.33 bits per heavy atom. The van der Waals surface area contributed by atoms with Crippen LogP contribution < -0.4 is 10.6 Å². The van der Waals surface area contributed by atoms with Gasteiger partial charge in [-0.05, 0) is 40.9 Å². The summed E-state index contributed by atoms with van der Waals surface area (Å²) in [6, 6.07) is 5.51. The van der Waals surface area contributed by atoms with E-state index in [1.165, 1.54) is 5.56 Å². The molecule has 2 heterocycles. The van der Waals surface area contributed by atoms with Gasteiger partial charge in [0, 0.05) is 13.6 Å². The number of amides is 1. The summed E-state index contributed by atoms with van der Waals surface area (Å²) in [7, 11) is 1.57. The Kier molecular flexibility index (Phi) is 4.25. The molecule has 0 spiro atoms. The van der Waals surface area contributed by atoms with Crippen LogP contribution in [0.3, 0.4) is 0 Å². The number of anilines is 1. The molecule has 18 heavy (non-hydrogen) atoms. The van der Waals surface area contributed by atoms with Crippen LogP contribution in [0.4, 0.5) is 5.82 Å². The predicted molar refractivity (Wildman–Crippen MR) is 71.9 cm³/mol. The lowest BCUT2D eigenvalue weighted by Crippen LogP contribution is -2.19. The second-order valence-electron chi connectivity index (χ2n) is 3.69. The zero-order valence-electron chi connectivity index (χ0n) is 10.0. The number of carbonyl (C=O) groups excluding carboxylic acids is 1. The molecule has 0 unspecified atom stereocenters. The van der Waals surface area contributed by atoms with Gasteiger partial charge in [0.15, 0.2) is 5.69 Å². The Morgan fingerprint density at radius 2 is 2.22 bits per heavy atom. The molecule has 5 nitrogen and oxygen atoms in total. The smallest absolute Gasteiger partial charge is 0.271 e. The van der Waals surface area contributed by atoms with Gasteiger partial charge >= 0.3 is 0 Å². The third kappa shape index (κ3) is 3.27. The zero-order valence-corrected chi connectivity index (χ0v) is 10.8. The number of aromatic nitrogens is 2. The largest absolute Gasteiger partial charge is 0.368 e. The number of nitrogens with one attached hydrogen (secondary N) is 2. The van der Waals surface area contributed by atoms with Crippen LogP contribution in [-0.4, -0.2) is 29.7 Å². The van der Waals surface area contributed by atoms with E-state index in [0.29, 0.717) is 11.5 Å². The third-order valence-corrected chi connectivity index (χ3v) is 3.16. The Bertz CT molecular complexity index is 495. The van der Waals surface area contributed by atoms with E-state index < -0.39 is 0 Å². The second-order valence-corrected chi connectivity index (χ2v) is 4.47. The fraction of sp³-hybridized carbons (Fsp3) is 0.250. The second kappa shape index (κ2) is 6.11. The lowest BCUT2D eigenvalue weighted by molar-refractivity contribution is 0.0957. The quantitative estimate of drug-likeness (QED) is 0.858. The van der Waals surface area contributed by atoms with Gasteiger partial charge in [-0.2, -0.15) is 11.3 Å². The van der Waals surface area contributed by atoms with Gasteiger partial charge < -0.3 is 10.6 Å². The summed E-state index contributed by atoms with van der Waals surface area (Å²) in [6.45, 7) is 0.796. The van der Waals surface area contributed by atoms with Crippen LogP contribution in [0.15, 0.2) is 29.0 Å². The van der Waals surface area contributed by atoms with Crippen molar-refractivity contribution in [2.24, 2.45) is 0 Å². The van der Waals surface area contributed by atoms with E-state index in [9.17, 15) is 4.79 Å². The van der Waals surface area contributed by atoms with E-state index in [1.807, 2.05) is 0 Å². The maximum absolute atomic E-state index is 11.3. The Balaban J connectivity index is 1.85. The van der Waals surface area contributed by atoms with Crippen molar-refractivity contribution in [2.45, 2.75) is 6.42 Å². The molecule has 2 rings (SSSR count). The van der Waals surface area contributed by atoms with E-state index in [-0.39, 0.29) is 5.91 Å². The molecule has 0 fully saturated rings. The molecule has 2 aromatic rings. The van der Waals surface area contributed by atoms with Gasteiger partial charge in [-0.3, -0.25) is 4.79 Å². The van der Waals surface area contributed by atoms with Crippen molar-refractivity contribution in [2.75, 3.05) is 18.9 Å². The van der Waals surface area contributed by atoms with Crippen LogP contribution in [0.25, 0.3) is 0 Å². The highest BCUT2D eigenvalue weighted by molar-refractivity contribution is 7.07. The van der Waals surface area contributed by atoms with Crippen LogP contribution in [0.1, 0.15) is 16.1 Å². The van der Waals surface area contributed by atoms with E-state index in [4.69, 9.17) is 0 Å². The lowest BCUT2D eigenvalue weighted by Gasteiger charge is -2.04. The van der Waals surface area contributed by atoms with Crippen molar-refractivity contribution in [3.63, 3.8) is 0 Å². The summed E-state index contributed by atoms with van der Waals surface area (Å²) in [5.74, 6) is 0.449. The first-order chi connectivity index (χ1) is 8.79. The molecule has 0 saturated carbocycles. The first-order valence-corrected chi connectivity index (χ1v) is 6.54. The van der Waals surface area contributed by atoms with Crippen molar-refractivity contribution < 1.29 is 4.79 Å². The summed E-state index contributed by atoms with van der Waals surface area (Å²) in [4.78, 5) is 11.3. The number of rotatable bonds is 5. The summed E-state index contributed by atoms with van der Waals surface area (Å²) in [5.41, 5.74) is 1.63. The third-order valence-electron chi connectivity index (χ3n) is 2.42. The number of nitrogens with zero attached hydrogens (tertiary/aromatic N) is 2. The highest BCUT2D eigenvalue weighted by Crippen LogP contribution is 2.07. The van der Waals surface area contributed by atoms with Gasteiger partial charge in [0.1, 0.15) is 5.82 Å². The molecule has 0 saturated heterocycles. The van der Waals surface area contributed by atoms with Gasteiger partial charge in [0.05, 0.1) is 0 Å². The molecule has 0 atom stereocenters. The van der Waals surface area contributed by atoms with Crippen molar-refractivity contribution in [1.29, 1.82) is 0 Å². The molecular weight excluding hydrogens is 248 g/mol. The lowest BCUT2D eigenvalue weighted by atomic mass is 10.2. The van der Waals surface area contributed by atoms with Gasteiger partial charge in [0.25, 0.3) is 5.91 Å². The molecule has 2 N–H and O–H groups in total. The fourth-order valence-electron chi connectivity index (χ4n) is 1.45. The van der Waals surface area contributed by atoms with Gasteiger partial charge in [-0.25, -0.2) is 0 Å². The first kappa shape index (κ1) is 12.5. The Labute approximate surface area is 109 Å². The first-order valence-electron chi connectivity index (χ1n) is 5.60. The minimum absolute atomic E-state index is 0.229. The Hall–Kier alpha value is -1.95. The molecule has 0 bridgehead atoms. The summed E-state index contributed by atoms with van der Waals surface area (Å²) < 4.78 is 0. The summed E-state index contributed by atoms with van der Waals surface area (Å²) >= 11 is 1.69. The van der Waals surface area contributed by atoms with Crippen LogP contribution in [0.2, 0.25) is 0 Å². The Morgan fingerprint density at radius 3 is 2.83 bits per heavy atom. The van der Waals surface area contributed by atoms with Crippen molar-refractivity contribution in [3.05, 3.63) is 40.2 Å². The molecule has 0 radical (unpaired) electrons. The average molecular weight is 262 g/mol. The maximum atomic E-state index is 11.3. The molecule has 0 aliphatic carbocycles. The fourth-order valence-corrected chi connectivity index (χ4v) is 2.15. The van der Waals surface area contributed by atoms with Crippen LogP contribution in [0, 0.1) is 0 Å². The number of hydrogen-bond donors (Lipinski definition) is 2. The average Bonchev–Trinajstić information content (AvgIpc) is 2.92. The van der Waals surface area contributed by atoms with E-state index >= 15 is 0 Å². The monoisotopic (exact) mass is 262 g/mol. The minimum Gasteiger partial charge on any atom is -0.368 e. The molecule has 0 aliphatic rings. The van der Waals surface area contributed by atoms with E-state index in [1.54, 1.807) is 30.5 Å². The van der Waals surface area contributed by atoms with Gasteiger partial charge in [0.2, 0.25) is 0 Å². The summed E-state index contributed by atoms with van der Waals surface area (Å²) in [6.07, 6.45) is 0.947. The highest BCUT2D eigenvalue weighted by Gasteiger charge is 2.04. The molecular formula is C12H14N4OS. The van der Waals surface area contributed by atoms with Crippen molar-refractivity contribution >= 4 is 23.1 Å². The highest BCUT2D eigenvalue weighted by atomic mass is 32.1. The topological polar surface area (TPSA) is 66.9 Å². The standard InChI is InChI=1S/C12H14N4OS/c1-13-12(17)10-2-3-11(16-15-10)14-6-4-9-5-7-18-8-9/h2-3,5,7-8H,4,6H2,1H3,(H,13,17)(H,14,16). The minimum atomic E-state index is -0.229. The summed E-state index contributed by atoms with van der Waals surface area (Å²) in [5, 5.41) is 17.6. The van der Waals surface area contributed by atoms with E-state index in [0.717, 1.165) is 13.0 Å². The molecule has 94 valence electrons. The normalized spacial score (nSPS) is 10.1. The molecule has 6 heteroatoms. The number of thiophene rings is 1. The van der Waals surface area contributed by atoms with Crippen molar-refractivity contribution in [3.8, 4) is 0 Å². The van der Waals surface area contributed by atoms with Gasteiger partial charge in [-0.1, -0.05) is 0 Å². The van der Waals surface area contributed by atoms with Gasteiger partial charge in [-0.15, -0.1) is 10.2 Å². The van der Waals surface area contributed by atoms with Crippen LogP contribution in [0.5, 0.6) is 0 Å². The molecule has 2 aromatic heterocycles. The van der Waals surface area contributed by atoms with E-state index in [2.05, 4.69) is 37.7 Å².